The van der Waals surface area contributed by atoms with Gasteiger partial charge in [-0.2, -0.15) is 0 Å². The Balaban J connectivity index is 1.87. The Kier molecular flexibility index (Phi) is 4.34. The lowest BCUT2D eigenvalue weighted by molar-refractivity contribution is 0.159. The summed E-state index contributed by atoms with van der Waals surface area (Å²) in [6.45, 7) is 4.11. The lowest BCUT2D eigenvalue weighted by Crippen LogP contribution is -2.27. The molecule has 2 aromatic carbocycles. The van der Waals surface area contributed by atoms with Crippen LogP contribution < -0.4 is 14.2 Å². The monoisotopic (exact) mass is 322 g/mol. The number of benzene rings is 2. The molecule has 3 rings (SSSR count). The third-order valence-electron chi connectivity index (χ3n) is 3.97. The molecule has 2 aromatic rings. The average molecular weight is 322 g/mol. The van der Waals surface area contributed by atoms with Crippen LogP contribution in [0.5, 0.6) is 17.2 Å². The van der Waals surface area contributed by atoms with Crippen LogP contribution in [0.4, 0.5) is 0 Å². The maximum Gasteiger partial charge on any atom is 0.129 e. The molecule has 0 spiro atoms. The maximum atomic E-state index is 6.03. The molecular formula is C21H22O3. The summed E-state index contributed by atoms with van der Waals surface area (Å²) in [5, 5.41) is 0. The summed E-state index contributed by atoms with van der Waals surface area (Å²) in [6.07, 6.45) is 8.27. The molecule has 0 aliphatic carbocycles. The first kappa shape index (κ1) is 16.2. The van der Waals surface area contributed by atoms with Gasteiger partial charge in [-0.15, -0.1) is 0 Å². The lowest BCUT2D eigenvalue weighted by Gasteiger charge is -2.27. The third kappa shape index (κ3) is 3.46. The summed E-state index contributed by atoms with van der Waals surface area (Å²) in [4.78, 5) is 0. The minimum atomic E-state index is -0.269. The van der Waals surface area contributed by atoms with Crippen molar-refractivity contribution in [1.29, 1.82) is 0 Å². The first-order valence-corrected chi connectivity index (χ1v) is 7.93. The number of rotatable bonds is 4. The van der Waals surface area contributed by atoms with Crippen LogP contribution in [-0.2, 0) is 0 Å². The van der Waals surface area contributed by atoms with Gasteiger partial charge in [-0.05, 0) is 43.7 Å². The quantitative estimate of drug-likeness (QED) is 0.737. The van der Waals surface area contributed by atoms with E-state index in [0.717, 1.165) is 33.9 Å². The fourth-order valence-corrected chi connectivity index (χ4v) is 2.63. The van der Waals surface area contributed by atoms with Crippen molar-refractivity contribution in [3.05, 3.63) is 59.2 Å². The molecule has 0 atom stereocenters. The molecular weight excluding hydrogens is 300 g/mol. The van der Waals surface area contributed by atoms with Crippen LogP contribution in [0.15, 0.2) is 42.5 Å². The molecule has 3 nitrogen and oxygen atoms in total. The van der Waals surface area contributed by atoms with Gasteiger partial charge in [0.2, 0.25) is 0 Å². The highest BCUT2D eigenvalue weighted by Gasteiger charge is 2.21. The minimum absolute atomic E-state index is 0.269. The SMILES string of the molecule is COc1ccc(C=Cc2ccc3c(c2)OC(C)(C)C=C3)c(OC)c1. The van der Waals surface area contributed by atoms with Crippen LogP contribution in [-0.4, -0.2) is 19.8 Å². The number of methoxy groups -OCH3 is 2. The zero-order chi connectivity index (χ0) is 17.2. The van der Waals surface area contributed by atoms with Crippen molar-refractivity contribution in [3.63, 3.8) is 0 Å². The summed E-state index contributed by atoms with van der Waals surface area (Å²) in [5.41, 5.74) is 2.91. The highest BCUT2D eigenvalue weighted by Crippen LogP contribution is 2.32. The van der Waals surface area contributed by atoms with Gasteiger partial charge in [-0.3, -0.25) is 0 Å². The van der Waals surface area contributed by atoms with Crippen molar-refractivity contribution >= 4 is 18.2 Å². The zero-order valence-corrected chi connectivity index (χ0v) is 14.5. The van der Waals surface area contributed by atoms with Crippen LogP contribution in [0, 0.1) is 0 Å². The molecule has 0 fully saturated rings. The standard InChI is InChI=1S/C21H22O3/c1-21(2)12-11-17-8-6-15(13-20(17)24-21)5-7-16-9-10-18(22-3)14-19(16)23-4/h5-14H,1-4H3. The second kappa shape index (κ2) is 6.44. The molecule has 0 saturated carbocycles. The van der Waals surface area contributed by atoms with Crippen LogP contribution in [0.1, 0.15) is 30.5 Å². The molecule has 0 N–H and O–H groups in total. The van der Waals surface area contributed by atoms with Gasteiger partial charge in [0.15, 0.2) is 0 Å². The molecule has 0 aromatic heterocycles. The molecule has 1 aliphatic heterocycles. The summed E-state index contributed by atoms with van der Waals surface area (Å²) >= 11 is 0. The van der Waals surface area contributed by atoms with E-state index < -0.39 is 0 Å². The van der Waals surface area contributed by atoms with E-state index in [1.807, 2.05) is 24.3 Å². The van der Waals surface area contributed by atoms with E-state index in [-0.39, 0.29) is 5.60 Å². The molecule has 1 heterocycles. The normalized spacial score (nSPS) is 15.0. The summed E-state index contributed by atoms with van der Waals surface area (Å²) in [5.74, 6) is 2.47. The number of hydrogen-bond donors (Lipinski definition) is 0. The van der Waals surface area contributed by atoms with E-state index >= 15 is 0 Å². The first-order valence-electron chi connectivity index (χ1n) is 7.93. The first-order chi connectivity index (χ1) is 11.5. The Bertz CT molecular complexity index is 801. The summed E-state index contributed by atoms with van der Waals surface area (Å²) < 4.78 is 16.7. The second-order valence-electron chi connectivity index (χ2n) is 6.28. The largest absolute Gasteiger partial charge is 0.497 e. The Hall–Kier alpha value is -2.68. The molecule has 0 saturated heterocycles. The molecule has 0 radical (unpaired) electrons. The van der Waals surface area contributed by atoms with Crippen molar-refractivity contribution in [2.75, 3.05) is 14.2 Å². The minimum Gasteiger partial charge on any atom is -0.497 e. The van der Waals surface area contributed by atoms with Gasteiger partial charge in [0.05, 0.1) is 14.2 Å². The molecule has 24 heavy (non-hydrogen) atoms. The van der Waals surface area contributed by atoms with E-state index in [4.69, 9.17) is 14.2 Å². The Morgan fingerprint density at radius 3 is 2.54 bits per heavy atom. The number of hydrogen-bond acceptors (Lipinski definition) is 3. The van der Waals surface area contributed by atoms with E-state index in [2.05, 4.69) is 50.3 Å². The smallest absolute Gasteiger partial charge is 0.129 e. The molecule has 0 unspecified atom stereocenters. The van der Waals surface area contributed by atoms with Gasteiger partial charge in [-0.1, -0.05) is 30.4 Å². The third-order valence-corrected chi connectivity index (χ3v) is 3.97. The second-order valence-corrected chi connectivity index (χ2v) is 6.28. The van der Waals surface area contributed by atoms with Crippen molar-refractivity contribution in [2.45, 2.75) is 19.4 Å². The van der Waals surface area contributed by atoms with Crippen LogP contribution >= 0.6 is 0 Å². The fourth-order valence-electron chi connectivity index (χ4n) is 2.63. The van der Waals surface area contributed by atoms with Crippen molar-refractivity contribution in [3.8, 4) is 17.2 Å². The molecule has 3 heteroatoms. The van der Waals surface area contributed by atoms with E-state index in [1.54, 1.807) is 14.2 Å². The Morgan fingerprint density at radius 1 is 0.958 bits per heavy atom. The van der Waals surface area contributed by atoms with Crippen LogP contribution in [0.2, 0.25) is 0 Å². The van der Waals surface area contributed by atoms with E-state index in [0.29, 0.717) is 0 Å². The van der Waals surface area contributed by atoms with Crippen LogP contribution in [0.25, 0.3) is 18.2 Å². The van der Waals surface area contributed by atoms with Crippen LogP contribution in [0.3, 0.4) is 0 Å². The van der Waals surface area contributed by atoms with Crippen molar-refractivity contribution in [1.82, 2.24) is 0 Å². The lowest BCUT2D eigenvalue weighted by atomic mass is 10.0. The maximum absolute atomic E-state index is 6.03. The Morgan fingerprint density at radius 2 is 1.79 bits per heavy atom. The predicted molar refractivity (Wildman–Crippen MR) is 98.7 cm³/mol. The summed E-state index contributed by atoms with van der Waals surface area (Å²) in [6, 6.07) is 12.0. The number of fused-ring (bicyclic) bond motifs is 1. The van der Waals surface area contributed by atoms with E-state index in [1.165, 1.54) is 0 Å². The summed E-state index contributed by atoms with van der Waals surface area (Å²) in [7, 11) is 3.31. The van der Waals surface area contributed by atoms with Gasteiger partial charge in [-0.25, -0.2) is 0 Å². The Labute approximate surface area is 143 Å². The molecule has 1 aliphatic rings. The average Bonchev–Trinajstić information content (AvgIpc) is 2.58. The fraction of sp³-hybridized carbons (Fsp3) is 0.238. The predicted octanol–water partition coefficient (Wildman–Crippen LogP) is 5.06. The van der Waals surface area contributed by atoms with Gasteiger partial charge in [0.1, 0.15) is 22.8 Å². The highest BCUT2D eigenvalue weighted by molar-refractivity contribution is 5.75. The molecule has 0 amide bonds. The van der Waals surface area contributed by atoms with E-state index in [9.17, 15) is 0 Å². The topological polar surface area (TPSA) is 27.7 Å². The molecule has 0 bridgehead atoms. The number of ether oxygens (including phenoxy) is 3. The van der Waals surface area contributed by atoms with Gasteiger partial charge < -0.3 is 14.2 Å². The van der Waals surface area contributed by atoms with Crippen molar-refractivity contribution < 1.29 is 14.2 Å². The van der Waals surface area contributed by atoms with Gasteiger partial charge in [0, 0.05) is 17.2 Å². The molecule has 124 valence electrons. The highest BCUT2D eigenvalue weighted by atomic mass is 16.5. The van der Waals surface area contributed by atoms with Gasteiger partial charge >= 0.3 is 0 Å². The van der Waals surface area contributed by atoms with Crippen molar-refractivity contribution in [2.24, 2.45) is 0 Å². The van der Waals surface area contributed by atoms with Gasteiger partial charge in [0.25, 0.3) is 0 Å². The zero-order valence-electron chi connectivity index (χ0n) is 14.5.